The number of anilines is 2. The van der Waals surface area contributed by atoms with E-state index in [0.29, 0.717) is 46.9 Å². The van der Waals surface area contributed by atoms with Crippen LogP contribution in [0.1, 0.15) is 33.6 Å². The van der Waals surface area contributed by atoms with Crippen LogP contribution in [0.2, 0.25) is 0 Å². The highest BCUT2D eigenvalue weighted by Gasteiger charge is 2.16. The quantitative estimate of drug-likeness (QED) is 0.0974. The van der Waals surface area contributed by atoms with Crippen LogP contribution < -0.4 is 36.2 Å². The normalized spacial score (nSPS) is 10.8. The van der Waals surface area contributed by atoms with Gasteiger partial charge in [0, 0.05) is 32.3 Å². The molecule has 0 radical (unpaired) electrons. The molecule has 4 aromatic carbocycles. The molecule has 0 unspecified atom stereocenters. The molecule has 0 aliphatic heterocycles. The molecule has 4 aromatic heterocycles. The summed E-state index contributed by atoms with van der Waals surface area (Å²) < 4.78 is 12.9. The Labute approximate surface area is 350 Å². The number of aromatic hydroxyl groups is 1. The predicted octanol–water partition coefficient (Wildman–Crippen LogP) is 6.37. The summed E-state index contributed by atoms with van der Waals surface area (Å²) in [5, 5.41) is 17.7. The number of phenols is 1. The van der Waals surface area contributed by atoms with Crippen molar-refractivity contribution in [3.63, 3.8) is 0 Å². The average Bonchev–Trinajstić information content (AvgIpc) is 3.27. The van der Waals surface area contributed by atoms with Crippen LogP contribution in [0.5, 0.6) is 11.5 Å². The van der Waals surface area contributed by atoms with Crippen molar-refractivity contribution < 1.29 is 24.3 Å². The Balaban J connectivity index is 0.000000185. The summed E-state index contributed by atoms with van der Waals surface area (Å²) in [5.41, 5.74) is 6.69. The second-order valence-corrected chi connectivity index (χ2v) is 13.8. The molecule has 4 heterocycles. The van der Waals surface area contributed by atoms with E-state index in [0.717, 1.165) is 39.0 Å². The number of aryl methyl sites for hydroxylation is 2. The first-order chi connectivity index (χ1) is 29.8. The number of phenolic OH excluding ortho intramolecular Hbond substituents is 1. The fraction of sp³-hybridized carbons (Fsp3) is 0.174. The van der Waals surface area contributed by atoms with E-state index >= 15 is 0 Å². The van der Waals surface area contributed by atoms with Gasteiger partial charge in [0.25, 0.3) is 11.1 Å². The van der Waals surface area contributed by atoms with Crippen molar-refractivity contribution in [1.82, 2.24) is 29.4 Å². The second-order valence-electron chi connectivity index (χ2n) is 13.8. The van der Waals surface area contributed by atoms with Crippen molar-refractivity contribution in [2.75, 3.05) is 24.5 Å². The molecule has 0 atom stereocenters. The SMILES string of the molecule is COCOc1cccc(CNc2cc(=O)n(OCc3ccccc3)c3ncnc(C)c23)c1.Cc1ncnc2c1c(NCc1cccc(O)c1)cc(=O)n2OCc1ccccc1. The van der Waals surface area contributed by atoms with Crippen LogP contribution in [0.3, 0.4) is 0 Å². The van der Waals surface area contributed by atoms with Gasteiger partial charge in [-0.15, -0.1) is 9.46 Å². The Kier molecular flexibility index (Phi) is 13.4. The first kappa shape index (κ1) is 41.4. The Morgan fingerprint density at radius 2 is 1.05 bits per heavy atom. The predicted molar refractivity (Wildman–Crippen MR) is 232 cm³/mol. The minimum Gasteiger partial charge on any atom is -0.508 e. The van der Waals surface area contributed by atoms with Gasteiger partial charge in [0.05, 0.1) is 33.5 Å². The zero-order chi connectivity index (χ0) is 42.6. The van der Waals surface area contributed by atoms with Crippen LogP contribution in [0.25, 0.3) is 22.1 Å². The molecule has 61 heavy (non-hydrogen) atoms. The van der Waals surface area contributed by atoms with E-state index in [4.69, 9.17) is 19.1 Å². The highest BCUT2D eigenvalue weighted by Crippen LogP contribution is 2.25. The molecular formula is C46H44N8O7. The topological polar surface area (TPSA) is 177 Å². The van der Waals surface area contributed by atoms with Crippen molar-refractivity contribution in [2.45, 2.75) is 40.2 Å². The molecular weight excluding hydrogens is 777 g/mol. The van der Waals surface area contributed by atoms with Gasteiger partial charge in [0.2, 0.25) is 0 Å². The molecule has 0 saturated heterocycles. The zero-order valence-corrected chi connectivity index (χ0v) is 33.8. The van der Waals surface area contributed by atoms with Crippen LogP contribution in [0.4, 0.5) is 11.4 Å². The third-order valence-electron chi connectivity index (χ3n) is 9.42. The molecule has 8 aromatic rings. The van der Waals surface area contributed by atoms with E-state index in [-0.39, 0.29) is 36.9 Å². The lowest BCUT2D eigenvalue weighted by Gasteiger charge is -2.16. The summed E-state index contributed by atoms with van der Waals surface area (Å²) in [4.78, 5) is 54.4. The summed E-state index contributed by atoms with van der Waals surface area (Å²) in [6.45, 7) is 5.33. The Morgan fingerprint density at radius 3 is 1.54 bits per heavy atom. The maximum Gasteiger partial charge on any atom is 0.287 e. The number of nitrogens with zero attached hydrogens (tertiary/aromatic N) is 6. The smallest absolute Gasteiger partial charge is 0.287 e. The first-order valence-electron chi connectivity index (χ1n) is 19.3. The lowest BCUT2D eigenvalue weighted by molar-refractivity contribution is 0.0511. The van der Waals surface area contributed by atoms with Gasteiger partial charge in [-0.2, -0.15) is 0 Å². The number of rotatable bonds is 15. The highest BCUT2D eigenvalue weighted by molar-refractivity contribution is 5.91. The maximum absolute atomic E-state index is 12.9. The first-order valence-corrected chi connectivity index (χ1v) is 19.3. The van der Waals surface area contributed by atoms with Crippen LogP contribution in [0.15, 0.2) is 144 Å². The Morgan fingerprint density at radius 1 is 0.574 bits per heavy atom. The third-order valence-corrected chi connectivity index (χ3v) is 9.42. The van der Waals surface area contributed by atoms with Gasteiger partial charge in [0.1, 0.15) is 37.4 Å². The van der Waals surface area contributed by atoms with Crippen LogP contribution >= 0.6 is 0 Å². The zero-order valence-electron chi connectivity index (χ0n) is 33.8. The molecule has 0 aliphatic carbocycles. The van der Waals surface area contributed by atoms with Gasteiger partial charge >= 0.3 is 0 Å². The molecule has 8 rings (SSSR count). The Hall–Kier alpha value is -7.78. The molecule has 0 spiro atoms. The van der Waals surface area contributed by atoms with E-state index in [1.54, 1.807) is 25.3 Å². The largest absolute Gasteiger partial charge is 0.508 e. The molecule has 3 N–H and O–H groups in total. The molecule has 0 amide bonds. The fourth-order valence-electron chi connectivity index (χ4n) is 6.47. The average molecular weight is 821 g/mol. The van der Waals surface area contributed by atoms with E-state index in [9.17, 15) is 14.7 Å². The molecule has 0 aliphatic rings. The number of benzene rings is 4. The lowest BCUT2D eigenvalue weighted by atomic mass is 10.2. The third kappa shape index (κ3) is 10.5. The number of hydrogen-bond acceptors (Lipinski definition) is 13. The van der Waals surface area contributed by atoms with E-state index in [1.165, 1.54) is 34.2 Å². The number of methoxy groups -OCH3 is 1. The molecule has 310 valence electrons. The van der Waals surface area contributed by atoms with Crippen LogP contribution in [0, 0.1) is 13.8 Å². The molecule has 15 heteroatoms. The van der Waals surface area contributed by atoms with E-state index in [2.05, 4.69) is 30.6 Å². The standard InChI is InChI=1S/C24H24N4O4.C22H20N4O3/c1-17-23-21(25-13-19-9-6-10-20(11-19)31-16-30-2)12-22(29)28(24(23)27-15-26-17)32-14-18-7-4-3-5-8-18;1-15-21-19(23-12-17-8-5-9-18(27)10-17)11-20(28)26(22(21)25-14-24-15)29-13-16-6-3-2-4-7-16/h3-12,15,25H,13-14,16H2,1-2H3;2-11,14,23,27H,12-13H2,1H3. The van der Waals surface area contributed by atoms with Crippen molar-refractivity contribution in [1.29, 1.82) is 0 Å². The molecule has 0 saturated carbocycles. The number of hydrogen-bond donors (Lipinski definition) is 3. The minimum absolute atomic E-state index is 0.180. The lowest BCUT2D eigenvalue weighted by Crippen LogP contribution is -2.28. The maximum atomic E-state index is 12.9. The summed E-state index contributed by atoms with van der Waals surface area (Å²) >= 11 is 0. The number of pyridine rings is 2. The number of nitrogens with one attached hydrogen (secondary N) is 2. The van der Waals surface area contributed by atoms with Gasteiger partial charge in [-0.25, -0.2) is 19.9 Å². The Bertz CT molecular complexity index is 2850. The van der Waals surface area contributed by atoms with Crippen molar-refractivity contribution in [2.24, 2.45) is 0 Å². The summed E-state index contributed by atoms with van der Waals surface area (Å²) in [6, 6.07) is 36.9. The molecule has 15 nitrogen and oxygen atoms in total. The van der Waals surface area contributed by atoms with Crippen molar-refractivity contribution >= 4 is 33.4 Å². The number of fused-ring (bicyclic) bond motifs is 2. The van der Waals surface area contributed by atoms with Gasteiger partial charge in [-0.05, 0) is 60.4 Å². The molecule has 0 fully saturated rings. The van der Waals surface area contributed by atoms with Gasteiger partial charge in [-0.1, -0.05) is 84.9 Å². The fourth-order valence-corrected chi connectivity index (χ4v) is 6.47. The number of ether oxygens (including phenoxy) is 2. The van der Waals surface area contributed by atoms with Crippen molar-refractivity contribution in [3.05, 3.63) is 188 Å². The highest BCUT2D eigenvalue weighted by atomic mass is 16.7. The second kappa shape index (κ2) is 19.8. The molecule has 0 bridgehead atoms. The number of aromatic nitrogens is 6. The summed E-state index contributed by atoms with van der Waals surface area (Å²) in [5.74, 6) is 0.902. The minimum atomic E-state index is -0.329. The van der Waals surface area contributed by atoms with Crippen LogP contribution in [-0.2, 0) is 31.0 Å². The van der Waals surface area contributed by atoms with Crippen molar-refractivity contribution in [3.8, 4) is 11.5 Å². The summed E-state index contributed by atoms with van der Waals surface area (Å²) in [6.07, 6.45) is 2.85. The van der Waals surface area contributed by atoms with Gasteiger partial charge in [-0.3, -0.25) is 9.59 Å². The van der Waals surface area contributed by atoms with E-state index < -0.39 is 0 Å². The van der Waals surface area contributed by atoms with Crippen LogP contribution in [-0.4, -0.2) is 48.4 Å². The summed E-state index contributed by atoms with van der Waals surface area (Å²) in [7, 11) is 1.58. The van der Waals surface area contributed by atoms with E-state index in [1.807, 2.05) is 105 Å². The van der Waals surface area contributed by atoms with Gasteiger partial charge in [0.15, 0.2) is 18.1 Å². The monoisotopic (exact) mass is 820 g/mol. The van der Waals surface area contributed by atoms with Gasteiger partial charge < -0.3 is 34.9 Å².